The Morgan fingerprint density at radius 2 is 1.94 bits per heavy atom. The Balaban J connectivity index is 2.43. The van der Waals surface area contributed by atoms with Gasteiger partial charge >= 0.3 is 0 Å². The van der Waals surface area contributed by atoms with Crippen LogP contribution in [0, 0.1) is 5.41 Å². The van der Waals surface area contributed by atoms with E-state index in [2.05, 4.69) is 0 Å². The van der Waals surface area contributed by atoms with Crippen molar-refractivity contribution in [1.29, 1.82) is 0 Å². The number of nitrogens with two attached hydrogens (primary N) is 1. The number of carbonyl (C=O) groups excluding carboxylic acids is 1. The number of Topliss-reactive ketones (excluding diaryl/α,β-unsaturated/α-hetero) is 1. The van der Waals surface area contributed by atoms with Crippen LogP contribution in [0.4, 0.5) is 5.69 Å². The summed E-state index contributed by atoms with van der Waals surface area (Å²) in [6.45, 7) is 6.11. The number of ketones is 1. The van der Waals surface area contributed by atoms with Gasteiger partial charge in [0.05, 0.1) is 12.3 Å². The van der Waals surface area contributed by atoms with Gasteiger partial charge in [-0.2, -0.15) is 0 Å². The van der Waals surface area contributed by atoms with Crippen LogP contribution in [0.5, 0.6) is 5.75 Å². The predicted octanol–water partition coefficient (Wildman–Crippen LogP) is 2.65. The number of para-hydroxylation sites is 2. The minimum absolute atomic E-state index is 0.196. The van der Waals surface area contributed by atoms with Crippen LogP contribution >= 0.6 is 0 Å². The van der Waals surface area contributed by atoms with Gasteiger partial charge in [-0.3, -0.25) is 4.79 Å². The number of ether oxygens (including phenoxy) is 1. The van der Waals surface area contributed by atoms with Gasteiger partial charge < -0.3 is 10.5 Å². The van der Waals surface area contributed by atoms with Crippen LogP contribution in [-0.4, -0.2) is 12.4 Å². The minimum atomic E-state index is -0.300. The average Bonchev–Trinajstić information content (AvgIpc) is 2.19. The number of carbonyl (C=O) groups is 1. The molecule has 0 atom stereocenters. The van der Waals surface area contributed by atoms with Gasteiger partial charge in [0, 0.05) is 11.8 Å². The van der Waals surface area contributed by atoms with Gasteiger partial charge in [0.2, 0.25) is 0 Å². The summed E-state index contributed by atoms with van der Waals surface area (Å²) in [5.41, 5.74) is 6.02. The Bertz CT molecular complexity index is 366. The van der Waals surface area contributed by atoms with Crippen LogP contribution < -0.4 is 10.5 Å². The summed E-state index contributed by atoms with van der Waals surface area (Å²) in [6, 6.07) is 7.29. The molecule has 0 saturated heterocycles. The zero-order valence-electron chi connectivity index (χ0n) is 10.1. The van der Waals surface area contributed by atoms with Crippen LogP contribution in [0.25, 0.3) is 0 Å². The highest BCUT2D eigenvalue weighted by atomic mass is 16.5. The molecule has 0 aliphatic heterocycles. The molecule has 0 aromatic heterocycles. The molecule has 0 radical (unpaired) electrons. The quantitative estimate of drug-likeness (QED) is 0.795. The highest BCUT2D eigenvalue weighted by Crippen LogP contribution is 2.21. The van der Waals surface area contributed by atoms with Crippen molar-refractivity contribution < 1.29 is 9.53 Å². The first-order valence-electron chi connectivity index (χ1n) is 5.42. The van der Waals surface area contributed by atoms with E-state index in [0.717, 1.165) is 0 Å². The first-order chi connectivity index (χ1) is 7.41. The van der Waals surface area contributed by atoms with E-state index in [4.69, 9.17) is 10.5 Å². The molecule has 3 nitrogen and oxygen atoms in total. The molecule has 0 aliphatic rings. The smallest absolute Gasteiger partial charge is 0.142 e. The predicted molar refractivity (Wildman–Crippen MR) is 65.4 cm³/mol. The molecule has 1 rings (SSSR count). The molecule has 16 heavy (non-hydrogen) atoms. The van der Waals surface area contributed by atoms with Crippen LogP contribution in [0.15, 0.2) is 24.3 Å². The number of rotatable bonds is 4. The van der Waals surface area contributed by atoms with Gasteiger partial charge in [-0.1, -0.05) is 32.9 Å². The molecule has 88 valence electrons. The third-order valence-electron chi connectivity index (χ3n) is 2.34. The Kier molecular flexibility index (Phi) is 3.93. The van der Waals surface area contributed by atoms with E-state index in [-0.39, 0.29) is 11.2 Å². The molecule has 1 aromatic carbocycles. The second-order valence-electron chi connectivity index (χ2n) is 4.81. The maximum absolute atomic E-state index is 11.6. The van der Waals surface area contributed by atoms with Crippen molar-refractivity contribution in [3.63, 3.8) is 0 Å². The second-order valence-corrected chi connectivity index (χ2v) is 4.81. The Hall–Kier alpha value is -1.51. The molecule has 0 aliphatic carbocycles. The van der Waals surface area contributed by atoms with Gasteiger partial charge in [0.1, 0.15) is 11.5 Å². The molecular formula is C13H19NO2. The minimum Gasteiger partial charge on any atom is -0.491 e. The van der Waals surface area contributed by atoms with E-state index in [1.165, 1.54) is 0 Å². The Labute approximate surface area is 96.6 Å². The molecule has 2 N–H and O–H groups in total. The van der Waals surface area contributed by atoms with Crippen molar-refractivity contribution in [2.45, 2.75) is 27.2 Å². The van der Waals surface area contributed by atoms with Gasteiger partial charge in [-0.25, -0.2) is 0 Å². The van der Waals surface area contributed by atoms with E-state index >= 15 is 0 Å². The van der Waals surface area contributed by atoms with Gasteiger partial charge in [-0.15, -0.1) is 0 Å². The number of anilines is 1. The first-order valence-corrected chi connectivity index (χ1v) is 5.42. The molecule has 0 amide bonds. The molecule has 1 aromatic rings. The molecular weight excluding hydrogens is 202 g/mol. The molecule has 0 fully saturated rings. The van der Waals surface area contributed by atoms with Crippen molar-refractivity contribution in [3.8, 4) is 5.75 Å². The number of hydrogen-bond donors (Lipinski definition) is 1. The summed E-state index contributed by atoms with van der Waals surface area (Å²) in [7, 11) is 0. The molecule has 0 saturated carbocycles. The van der Waals surface area contributed by atoms with E-state index in [1.54, 1.807) is 12.1 Å². The second kappa shape index (κ2) is 5.01. The van der Waals surface area contributed by atoms with Crippen molar-refractivity contribution >= 4 is 11.5 Å². The van der Waals surface area contributed by atoms with Crippen LogP contribution in [0.3, 0.4) is 0 Å². The van der Waals surface area contributed by atoms with Crippen molar-refractivity contribution in [1.82, 2.24) is 0 Å². The molecule has 0 bridgehead atoms. The lowest BCUT2D eigenvalue weighted by Crippen LogP contribution is -2.22. The normalized spacial score (nSPS) is 11.2. The fourth-order valence-electron chi connectivity index (χ4n) is 1.24. The average molecular weight is 221 g/mol. The lowest BCUT2D eigenvalue weighted by atomic mass is 9.89. The molecule has 0 spiro atoms. The summed E-state index contributed by atoms with van der Waals surface area (Å²) in [4.78, 5) is 11.6. The first kappa shape index (κ1) is 12.6. The third-order valence-corrected chi connectivity index (χ3v) is 2.34. The number of hydrogen-bond acceptors (Lipinski definition) is 3. The highest BCUT2D eigenvalue weighted by Gasteiger charge is 2.20. The summed E-state index contributed by atoms with van der Waals surface area (Å²) in [6.07, 6.45) is 0.415. The summed E-state index contributed by atoms with van der Waals surface area (Å²) in [5, 5.41) is 0. The van der Waals surface area contributed by atoms with Gasteiger partial charge in [-0.05, 0) is 12.1 Å². The lowest BCUT2D eigenvalue weighted by molar-refractivity contribution is -0.126. The number of benzene rings is 1. The maximum Gasteiger partial charge on any atom is 0.142 e. The summed E-state index contributed by atoms with van der Waals surface area (Å²) in [5.74, 6) is 0.839. The van der Waals surface area contributed by atoms with E-state index < -0.39 is 0 Å². The van der Waals surface area contributed by atoms with E-state index in [0.29, 0.717) is 24.5 Å². The van der Waals surface area contributed by atoms with Crippen molar-refractivity contribution in [3.05, 3.63) is 24.3 Å². The largest absolute Gasteiger partial charge is 0.491 e. The summed E-state index contributed by atoms with van der Waals surface area (Å²) >= 11 is 0. The van der Waals surface area contributed by atoms with Gasteiger partial charge in [0.15, 0.2) is 0 Å². The fourth-order valence-corrected chi connectivity index (χ4v) is 1.24. The number of nitrogen functional groups attached to an aromatic ring is 1. The van der Waals surface area contributed by atoms with Crippen LogP contribution in [0.1, 0.15) is 27.2 Å². The van der Waals surface area contributed by atoms with Crippen LogP contribution in [-0.2, 0) is 4.79 Å². The third kappa shape index (κ3) is 3.57. The lowest BCUT2D eigenvalue weighted by Gasteiger charge is -2.16. The Morgan fingerprint density at radius 3 is 2.50 bits per heavy atom. The molecule has 3 heteroatoms. The highest BCUT2D eigenvalue weighted by molar-refractivity contribution is 5.83. The van der Waals surface area contributed by atoms with Crippen LogP contribution in [0.2, 0.25) is 0 Å². The molecule has 0 unspecified atom stereocenters. The van der Waals surface area contributed by atoms with Crippen molar-refractivity contribution in [2.75, 3.05) is 12.3 Å². The fraction of sp³-hybridized carbons (Fsp3) is 0.462. The van der Waals surface area contributed by atoms with E-state index in [1.807, 2.05) is 32.9 Å². The SMILES string of the molecule is CC(C)(C)C(=O)CCOc1ccccc1N. The Morgan fingerprint density at radius 1 is 1.31 bits per heavy atom. The van der Waals surface area contributed by atoms with E-state index in [9.17, 15) is 4.79 Å². The molecule has 0 heterocycles. The van der Waals surface area contributed by atoms with Crippen molar-refractivity contribution in [2.24, 2.45) is 5.41 Å². The van der Waals surface area contributed by atoms with Gasteiger partial charge in [0.25, 0.3) is 0 Å². The zero-order chi connectivity index (χ0) is 12.2. The topological polar surface area (TPSA) is 52.3 Å². The zero-order valence-corrected chi connectivity index (χ0v) is 10.1. The maximum atomic E-state index is 11.6. The standard InChI is InChI=1S/C13H19NO2/c1-13(2,3)12(15)8-9-16-11-7-5-4-6-10(11)14/h4-7H,8-9,14H2,1-3H3. The monoisotopic (exact) mass is 221 g/mol. The summed E-state index contributed by atoms with van der Waals surface area (Å²) < 4.78 is 5.46.